The largest absolute Gasteiger partial charge is 0.507 e. The van der Waals surface area contributed by atoms with Crippen molar-refractivity contribution in [2.75, 3.05) is 25.1 Å². The van der Waals surface area contributed by atoms with Gasteiger partial charge in [0.2, 0.25) is 0 Å². The molecule has 2 aromatic rings. The molecule has 1 fully saturated rings. The van der Waals surface area contributed by atoms with Crippen molar-refractivity contribution in [1.29, 1.82) is 0 Å². The average Bonchev–Trinajstić information content (AvgIpc) is 2.49. The Labute approximate surface area is 125 Å². The van der Waals surface area contributed by atoms with Crippen molar-refractivity contribution in [2.45, 2.75) is 25.4 Å². The lowest BCUT2D eigenvalue weighted by atomic mass is 10.0. The Morgan fingerprint density at radius 3 is 2.90 bits per heavy atom. The first-order valence-electron chi connectivity index (χ1n) is 7.52. The SMILES string of the molecule is CC(CC1COCCN1)Nc1cccc2c(O)cccc12. The zero-order valence-corrected chi connectivity index (χ0v) is 12.3. The van der Waals surface area contributed by atoms with Crippen LogP contribution in [-0.2, 0) is 4.74 Å². The highest BCUT2D eigenvalue weighted by Crippen LogP contribution is 2.30. The first kappa shape index (κ1) is 14.2. The number of nitrogens with one attached hydrogen (secondary N) is 2. The van der Waals surface area contributed by atoms with Crippen LogP contribution in [-0.4, -0.2) is 36.9 Å². The highest BCUT2D eigenvalue weighted by atomic mass is 16.5. The molecule has 0 saturated carbocycles. The van der Waals surface area contributed by atoms with Crippen LogP contribution < -0.4 is 10.6 Å². The maximum atomic E-state index is 9.94. The number of hydrogen-bond donors (Lipinski definition) is 3. The molecule has 4 heteroatoms. The van der Waals surface area contributed by atoms with Gasteiger partial charge in [0.1, 0.15) is 5.75 Å². The molecule has 2 unspecified atom stereocenters. The first-order chi connectivity index (χ1) is 10.2. The molecule has 2 aromatic carbocycles. The van der Waals surface area contributed by atoms with E-state index in [1.165, 1.54) is 0 Å². The Bertz CT molecular complexity index is 609. The van der Waals surface area contributed by atoms with Gasteiger partial charge in [0, 0.05) is 35.1 Å². The van der Waals surface area contributed by atoms with E-state index in [4.69, 9.17) is 4.74 Å². The van der Waals surface area contributed by atoms with Crippen molar-refractivity contribution in [3.8, 4) is 5.75 Å². The van der Waals surface area contributed by atoms with E-state index in [1.807, 2.05) is 24.3 Å². The second-order valence-electron chi connectivity index (χ2n) is 5.68. The molecule has 112 valence electrons. The standard InChI is InChI=1S/C17H22N2O2/c1-12(10-13-11-21-9-8-18-13)19-16-6-2-5-15-14(16)4-3-7-17(15)20/h2-7,12-13,18-20H,8-11H2,1H3. The Hall–Kier alpha value is -1.78. The zero-order valence-electron chi connectivity index (χ0n) is 12.3. The lowest BCUT2D eigenvalue weighted by Gasteiger charge is -2.27. The van der Waals surface area contributed by atoms with Crippen molar-refractivity contribution in [1.82, 2.24) is 5.32 Å². The molecular weight excluding hydrogens is 264 g/mol. The molecule has 1 aliphatic heterocycles. The smallest absolute Gasteiger partial charge is 0.123 e. The Morgan fingerprint density at radius 1 is 1.29 bits per heavy atom. The van der Waals surface area contributed by atoms with Gasteiger partial charge in [-0.25, -0.2) is 0 Å². The van der Waals surface area contributed by atoms with E-state index in [2.05, 4.69) is 23.6 Å². The van der Waals surface area contributed by atoms with Crippen LogP contribution in [0.4, 0.5) is 5.69 Å². The van der Waals surface area contributed by atoms with Gasteiger partial charge in [-0.1, -0.05) is 24.3 Å². The van der Waals surface area contributed by atoms with Gasteiger partial charge in [0.15, 0.2) is 0 Å². The van der Waals surface area contributed by atoms with Gasteiger partial charge >= 0.3 is 0 Å². The van der Waals surface area contributed by atoms with Gasteiger partial charge in [0.05, 0.1) is 13.2 Å². The van der Waals surface area contributed by atoms with Crippen molar-refractivity contribution in [3.05, 3.63) is 36.4 Å². The monoisotopic (exact) mass is 286 g/mol. The summed E-state index contributed by atoms with van der Waals surface area (Å²) in [6.07, 6.45) is 1.01. The number of phenolic OH excluding ortho intramolecular Hbond substituents is 1. The molecule has 0 aliphatic carbocycles. The van der Waals surface area contributed by atoms with Crippen LogP contribution in [0.3, 0.4) is 0 Å². The predicted octanol–water partition coefficient (Wildman–Crippen LogP) is 2.72. The number of benzene rings is 2. The number of anilines is 1. The van der Waals surface area contributed by atoms with Crippen LogP contribution in [0, 0.1) is 0 Å². The van der Waals surface area contributed by atoms with E-state index in [0.29, 0.717) is 17.8 Å². The number of aromatic hydroxyl groups is 1. The van der Waals surface area contributed by atoms with E-state index < -0.39 is 0 Å². The predicted molar refractivity (Wildman–Crippen MR) is 85.9 cm³/mol. The van der Waals surface area contributed by atoms with Gasteiger partial charge in [-0.05, 0) is 25.5 Å². The molecule has 0 bridgehead atoms. The minimum absolute atomic E-state index is 0.325. The Kier molecular flexibility index (Phi) is 4.27. The number of phenols is 1. The number of ether oxygens (including phenoxy) is 1. The van der Waals surface area contributed by atoms with Crippen LogP contribution in [0.25, 0.3) is 10.8 Å². The normalized spacial score (nSPS) is 20.3. The summed E-state index contributed by atoms with van der Waals surface area (Å²) in [6, 6.07) is 12.3. The quantitative estimate of drug-likeness (QED) is 0.809. The maximum Gasteiger partial charge on any atom is 0.123 e. The van der Waals surface area contributed by atoms with E-state index in [1.54, 1.807) is 6.07 Å². The molecule has 0 radical (unpaired) electrons. The summed E-state index contributed by atoms with van der Waals surface area (Å²) in [6.45, 7) is 4.70. The number of hydrogen-bond acceptors (Lipinski definition) is 4. The fourth-order valence-electron chi connectivity index (χ4n) is 2.94. The minimum atomic E-state index is 0.325. The maximum absolute atomic E-state index is 9.94. The third-order valence-electron chi connectivity index (χ3n) is 3.94. The summed E-state index contributed by atoms with van der Waals surface area (Å²) in [4.78, 5) is 0. The number of morpholine rings is 1. The molecule has 0 spiro atoms. The van der Waals surface area contributed by atoms with Gasteiger partial charge in [-0.15, -0.1) is 0 Å². The van der Waals surface area contributed by atoms with Gasteiger partial charge < -0.3 is 20.5 Å². The molecule has 3 rings (SSSR count). The average molecular weight is 286 g/mol. The lowest BCUT2D eigenvalue weighted by molar-refractivity contribution is 0.0731. The topological polar surface area (TPSA) is 53.5 Å². The first-order valence-corrected chi connectivity index (χ1v) is 7.52. The highest BCUT2D eigenvalue weighted by molar-refractivity contribution is 5.97. The van der Waals surface area contributed by atoms with Gasteiger partial charge in [0.25, 0.3) is 0 Å². The molecular formula is C17H22N2O2. The molecule has 1 aliphatic rings. The summed E-state index contributed by atoms with van der Waals surface area (Å²) < 4.78 is 5.50. The van der Waals surface area contributed by atoms with Crippen LogP contribution in [0.15, 0.2) is 36.4 Å². The van der Waals surface area contributed by atoms with Crippen molar-refractivity contribution in [3.63, 3.8) is 0 Å². The summed E-state index contributed by atoms with van der Waals surface area (Å²) in [5.74, 6) is 0.325. The fourth-order valence-corrected chi connectivity index (χ4v) is 2.94. The van der Waals surface area contributed by atoms with E-state index in [9.17, 15) is 5.11 Å². The third-order valence-corrected chi connectivity index (χ3v) is 3.94. The third kappa shape index (κ3) is 3.28. The van der Waals surface area contributed by atoms with E-state index in [0.717, 1.165) is 42.6 Å². The summed E-state index contributed by atoms with van der Waals surface area (Å²) >= 11 is 0. The van der Waals surface area contributed by atoms with Crippen LogP contribution in [0.5, 0.6) is 5.75 Å². The molecule has 0 aromatic heterocycles. The minimum Gasteiger partial charge on any atom is -0.507 e. The Balaban J connectivity index is 1.73. The van der Waals surface area contributed by atoms with Crippen LogP contribution >= 0.6 is 0 Å². The van der Waals surface area contributed by atoms with Crippen molar-refractivity contribution >= 4 is 16.5 Å². The van der Waals surface area contributed by atoms with Gasteiger partial charge in [-0.3, -0.25) is 0 Å². The Morgan fingerprint density at radius 2 is 2.10 bits per heavy atom. The highest BCUT2D eigenvalue weighted by Gasteiger charge is 2.16. The summed E-state index contributed by atoms with van der Waals surface area (Å²) in [7, 11) is 0. The second-order valence-corrected chi connectivity index (χ2v) is 5.68. The van der Waals surface area contributed by atoms with E-state index in [-0.39, 0.29) is 0 Å². The number of rotatable bonds is 4. The lowest BCUT2D eigenvalue weighted by Crippen LogP contribution is -2.43. The number of fused-ring (bicyclic) bond motifs is 1. The molecule has 0 amide bonds. The van der Waals surface area contributed by atoms with Crippen molar-refractivity contribution in [2.24, 2.45) is 0 Å². The molecule has 4 nitrogen and oxygen atoms in total. The molecule has 2 atom stereocenters. The summed E-state index contributed by atoms with van der Waals surface area (Å²) in [5.41, 5.74) is 1.06. The molecule has 1 heterocycles. The molecule has 21 heavy (non-hydrogen) atoms. The van der Waals surface area contributed by atoms with Crippen LogP contribution in [0.1, 0.15) is 13.3 Å². The summed E-state index contributed by atoms with van der Waals surface area (Å²) in [5, 5.41) is 18.9. The fraction of sp³-hybridized carbons (Fsp3) is 0.412. The second kappa shape index (κ2) is 6.33. The van der Waals surface area contributed by atoms with Gasteiger partial charge in [-0.2, -0.15) is 0 Å². The van der Waals surface area contributed by atoms with E-state index >= 15 is 0 Å². The molecule has 1 saturated heterocycles. The van der Waals surface area contributed by atoms with Crippen LogP contribution in [0.2, 0.25) is 0 Å². The van der Waals surface area contributed by atoms with Crippen molar-refractivity contribution < 1.29 is 9.84 Å². The molecule has 3 N–H and O–H groups in total. The zero-order chi connectivity index (χ0) is 14.7.